The number of alkyl carbamates (subject to hydrolysis) is 1. The van der Waals surface area contributed by atoms with Gasteiger partial charge in [0.2, 0.25) is 9.84 Å². The van der Waals surface area contributed by atoms with E-state index in [2.05, 4.69) is 5.32 Å². The lowest BCUT2D eigenvalue weighted by Crippen LogP contribution is -2.36. The van der Waals surface area contributed by atoms with Crippen LogP contribution in [0.25, 0.3) is 11.1 Å². The monoisotopic (exact) mass is 538 g/mol. The van der Waals surface area contributed by atoms with Crippen molar-refractivity contribution in [3.05, 3.63) is 58.4 Å². The van der Waals surface area contributed by atoms with Crippen molar-refractivity contribution in [3.8, 4) is 16.9 Å². The summed E-state index contributed by atoms with van der Waals surface area (Å²) in [6.45, 7) is 5.10. The smallest absolute Gasteiger partial charge is 0.413 e. The normalized spacial score (nSPS) is 11.8. The maximum Gasteiger partial charge on any atom is 0.413 e. The van der Waals surface area contributed by atoms with E-state index in [0.29, 0.717) is 20.4 Å². The molecule has 11 heteroatoms. The summed E-state index contributed by atoms with van der Waals surface area (Å²) < 4.78 is 32.7. The molecule has 0 radical (unpaired) electrons. The van der Waals surface area contributed by atoms with E-state index in [-0.39, 0.29) is 26.3 Å². The van der Waals surface area contributed by atoms with E-state index in [1.54, 1.807) is 51.3 Å². The molecule has 34 heavy (non-hydrogen) atoms. The molecule has 3 rings (SSSR count). The lowest BCUT2D eigenvalue weighted by atomic mass is 10.1. The topological polar surface area (TPSA) is 117 Å². The van der Waals surface area contributed by atoms with Gasteiger partial charge in [-0.3, -0.25) is 10.7 Å². The Morgan fingerprint density at radius 3 is 2.47 bits per heavy atom. The number of amidine groups is 1. The fourth-order valence-electron chi connectivity index (χ4n) is 2.99. The van der Waals surface area contributed by atoms with Gasteiger partial charge in [-0.1, -0.05) is 29.8 Å². The number of thioether (sulfide) groups is 1. The summed E-state index contributed by atoms with van der Waals surface area (Å²) in [5.74, 6) is -0.500. The van der Waals surface area contributed by atoms with Gasteiger partial charge >= 0.3 is 6.09 Å². The van der Waals surface area contributed by atoms with Crippen LogP contribution >= 0.6 is 34.7 Å². The third kappa shape index (κ3) is 5.93. The molecule has 0 saturated heterocycles. The molecular weight excluding hydrogens is 516 g/mol. The number of amides is 1. The van der Waals surface area contributed by atoms with E-state index in [4.69, 9.17) is 21.7 Å². The first-order valence-corrected chi connectivity index (χ1v) is 13.8. The summed E-state index contributed by atoms with van der Waals surface area (Å²) >= 11 is 8.53. The molecule has 7 nitrogen and oxygen atoms in total. The minimum atomic E-state index is -4.07. The van der Waals surface area contributed by atoms with Crippen LogP contribution in [0.5, 0.6) is 5.75 Å². The molecule has 0 atom stereocenters. The predicted molar refractivity (Wildman–Crippen MR) is 136 cm³/mol. The number of hydrogen-bond donors (Lipinski definition) is 3. The number of halogens is 1. The summed E-state index contributed by atoms with van der Waals surface area (Å²) in [4.78, 5) is 12.1. The van der Waals surface area contributed by atoms with Crippen LogP contribution < -0.4 is 5.32 Å². The number of benzene rings is 2. The molecule has 2 aromatic carbocycles. The number of carbonyl (C=O) groups excluding carboxylic acids is 1. The summed E-state index contributed by atoms with van der Waals surface area (Å²) in [7, 11) is -4.07. The standard InChI is InChI=1S/C23H23ClN2O5S3/c1-23(2,3)31-22(28)26-20(25)18-12-19(21(32-4)33-18)34(29,30)15-10-13(9-14(27)11-15)16-7-5-6-8-17(16)24/h5-12,27H,1-4H3,(H2,25,26,28). The minimum absolute atomic E-state index is 0.0218. The molecule has 1 aromatic heterocycles. The van der Waals surface area contributed by atoms with E-state index in [1.807, 2.05) is 0 Å². The van der Waals surface area contributed by atoms with Gasteiger partial charge in [0.1, 0.15) is 17.2 Å². The number of aromatic hydroxyl groups is 1. The van der Waals surface area contributed by atoms with E-state index in [0.717, 1.165) is 11.3 Å². The van der Waals surface area contributed by atoms with Crippen LogP contribution in [0.4, 0.5) is 4.79 Å². The minimum Gasteiger partial charge on any atom is -0.508 e. The Morgan fingerprint density at radius 2 is 1.85 bits per heavy atom. The first-order valence-electron chi connectivity index (χ1n) is 9.92. The molecule has 0 fully saturated rings. The number of thiophene rings is 1. The summed E-state index contributed by atoms with van der Waals surface area (Å²) in [6, 6.07) is 12.3. The van der Waals surface area contributed by atoms with Gasteiger partial charge in [0, 0.05) is 10.6 Å². The third-order valence-corrected chi connectivity index (χ3v) is 9.03. The number of rotatable bonds is 5. The van der Waals surface area contributed by atoms with Crippen molar-refractivity contribution in [1.29, 1.82) is 5.41 Å². The Hall–Kier alpha value is -2.53. The lowest BCUT2D eigenvalue weighted by molar-refractivity contribution is 0.0563. The van der Waals surface area contributed by atoms with Crippen LogP contribution in [0, 0.1) is 5.41 Å². The van der Waals surface area contributed by atoms with Crippen molar-refractivity contribution < 1.29 is 23.1 Å². The average molecular weight is 539 g/mol. The van der Waals surface area contributed by atoms with Crippen molar-refractivity contribution in [3.63, 3.8) is 0 Å². The summed E-state index contributed by atoms with van der Waals surface area (Å²) in [5.41, 5.74) is 0.286. The second-order valence-electron chi connectivity index (χ2n) is 8.17. The van der Waals surface area contributed by atoms with E-state index < -0.39 is 21.5 Å². The number of sulfone groups is 1. The van der Waals surface area contributed by atoms with E-state index in [9.17, 15) is 18.3 Å². The van der Waals surface area contributed by atoms with Crippen molar-refractivity contribution in [2.45, 2.75) is 40.4 Å². The number of nitrogens with one attached hydrogen (secondary N) is 2. The molecule has 0 unspecified atom stereocenters. The third-order valence-electron chi connectivity index (χ3n) is 4.40. The van der Waals surface area contributed by atoms with Gasteiger partial charge in [0.15, 0.2) is 0 Å². The van der Waals surface area contributed by atoms with E-state index >= 15 is 0 Å². The predicted octanol–water partition coefficient (Wildman–Crippen LogP) is 6.18. The van der Waals surface area contributed by atoms with Gasteiger partial charge in [-0.25, -0.2) is 13.2 Å². The number of phenols is 1. The molecule has 0 bridgehead atoms. The molecule has 0 aliphatic heterocycles. The average Bonchev–Trinajstić information content (AvgIpc) is 3.18. The molecule has 0 spiro atoms. The van der Waals surface area contributed by atoms with Crippen molar-refractivity contribution in [1.82, 2.24) is 5.32 Å². The Morgan fingerprint density at radius 1 is 1.18 bits per heavy atom. The van der Waals surface area contributed by atoms with Gasteiger partial charge in [0.25, 0.3) is 0 Å². The number of hydrogen-bond acceptors (Lipinski definition) is 8. The Balaban J connectivity index is 2.00. The highest BCUT2D eigenvalue weighted by atomic mass is 35.5. The van der Waals surface area contributed by atoms with Gasteiger partial charge in [-0.15, -0.1) is 23.1 Å². The maximum atomic E-state index is 13.5. The number of ether oxygens (including phenoxy) is 1. The van der Waals surface area contributed by atoms with E-state index in [1.165, 1.54) is 36.0 Å². The second kappa shape index (κ2) is 9.99. The molecule has 1 amide bonds. The molecule has 3 aromatic rings. The van der Waals surface area contributed by atoms with Gasteiger partial charge < -0.3 is 9.84 Å². The number of phenolic OH excluding ortho intramolecular Hbond substituents is 1. The van der Waals surface area contributed by atoms with Crippen molar-refractivity contribution in [2.24, 2.45) is 0 Å². The molecule has 0 aliphatic carbocycles. The summed E-state index contributed by atoms with van der Waals surface area (Å²) in [6.07, 6.45) is 0.912. The Kier molecular flexibility index (Phi) is 7.66. The van der Waals surface area contributed by atoms with Crippen LogP contribution in [-0.2, 0) is 14.6 Å². The molecule has 1 heterocycles. The Bertz CT molecular complexity index is 1360. The SMILES string of the molecule is CSc1sc(C(=N)NC(=O)OC(C)(C)C)cc1S(=O)(=O)c1cc(O)cc(-c2ccccc2Cl)c1. The van der Waals surface area contributed by atoms with Crippen LogP contribution in [0.15, 0.2) is 62.5 Å². The fraction of sp³-hybridized carbons (Fsp3) is 0.217. The highest BCUT2D eigenvalue weighted by Crippen LogP contribution is 2.39. The maximum absolute atomic E-state index is 13.5. The second-order valence-corrected chi connectivity index (χ2v) is 12.6. The molecule has 0 saturated carbocycles. The van der Waals surface area contributed by atoms with Gasteiger partial charge in [0.05, 0.1) is 18.9 Å². The van der Waals surface area contributed by atoms with Crippen LogP contribution in [0.3, 0.4) is 0 Å². The number of carbonyl (C=O) groups is 1. The molecular formula is C23H23ClN2O5S3. The van der Waals surface area contributed by atoms with Crippen molar-refractivity contribution in [2.75, 3.05) is 6.26 Å². The van der Waals surface area contributed by atoms with Crippen LogP contribution in [0.1, 0.15) is 25.6 Å². The zero-order valence-electron chi connectivity index (χ0n) is 18.8. The first-order chi connectivity index (χ1) is 15.8. The summed E-state index contributed by atoms with van der Waals surface area (Å²) in [5, 5.41) is 21.2. The van der Waals surface area contributed by atoms with Gasteiger partial charge in [-0.2, -0.15) is 0 Å². The van der Waals surface area contributed by atoms with Crippen LogP contribution in [-0.4, -0.2) is 37.3 Å². The van der Waals surface area contributed by atoms with Gasteiger partial charge in [-0.05, 0) is 62.9 Å². The van der Waals surface area contributed by atoms with Crippen molar-refractivity contribution >= 4 is 56.5 Å². The molecule has 180 valence electrons. The van der Waals surface area contributed by atoms with Crippen LogP contribution in [0.2, 0.25) is 5.02 Å². The fourth-order valence-corrected chi connectivity index (χ4v) is 7.20. The first kappa shape index (κ1) is 26.1. The highest BCUT2D eigenvalue weighted by Gasteiger charge is 2.27. The molecule has 3 N–H and O–H groups in total. The lowest BCUT2D eigenvalue weighted by Gasteiger charge is -2.19. The quantitative estimate of drug-likeness (QED) is 0.203. The molecule has 0 aliphatic rings. The highest BCUT2D eigenvalue weighted by molar-refractivity contribution is 8.01. The zero-order valence-corrected chi connectivity index (χ0v) is 22.0. The largest absolute Gasteiger partial charge is 0.508 e. The Labute approximate surface area is 211 Å². The zero-order chi connectivity index (χ0) is 25.3.